The Kier molecular flexibility index (Phi) is 7.78. The lowest BCUT2D eigenvalue weighted by atomic mass is 10.2. The zero-order valence-electron chi connectivity index (χ0n) is 14.9. The third-order valence-electron chi connectivity index (χ3n) is 3.94. The molecule has 2 aromatic carbocycles. The molecule has 0 unspecified atom stereocenters. The van der Waals surface area contributed by atoms with Gasteiger partial charge in [-0.15, -0.1) is 37.1 Å². The molecule has 0 radical (unpaired) electrons. The van der Waals surface area contributed by atoms with E-state index in [0.29, 0.717) is 12.5 Å². The van der Waals surface area contributed by atoms with Crippen LogP contribution in [0.3, 0.4) is 0 Å². The summed E-state index contributed by atoms with van der Waals surface area (Å²) in [6.45, 7) is 0.915. The van der Waals surface area contributed by atoms with Gasteiger partial charge in [0.05, 0.1) is 18.8 Å². The van der Waals surface area contributed by atoms with Crippen LogP contribution in [0.2, 0.25) is 0 Å². The topological polar surface area (TPSA) is 68.9 Å². The van der Waals surface area contributed by atoms with E-state index in [4.69, 9.17) is 10.5 Å². The SMILES string of the molecule is I.NC(=NCc1ccccc1OCC1CC1)Nc1ccccc1OC(F)(F)F. The third-order valence-corrected chi connectivity index (χ3v) is 3.94. The van der Waals surface area contributed by atoms with Crippen LogP contribution in [0.1, 0.15) is 18.4 Å². The molecule has 1 fully saturated rings. The number of alkyl halides is 3. The number of hydrogen-bond acceptors (Lipinski definition) is 3. The Labute approximate surface area is 178 Å². The van der Waals surface area contributed by atoms with Crippen LogP contribution < -0.4 is 20.5 Å². The molecule has 0 bridgehead atoms. The number of halogens is 4. The molecule has 0 amide bonds. The summed E-state index contributed by atoms with van der Waals surface area (Å²) in [7, 11) is 0. The minimum atomic E-state index is -4.79. The molecule has 1 aliphatic carbocycles. The first kappa shape index (κ1) is 22.1. The maximum absolute atomic E-state index is 12.5. The quantitative estimate of drug-likeness (QED) is 0.317. The van der Waals surface area contributed by atoms with E-state index < -0.39 is 6.36 Å². The lowest BCUT2D eigenvalue weighted by molar-refractivity contribution is -0.274. The van der Waals surface area contributed by atoms with Crippen molar-refractivity contribution in [2.45, 2.75) is 25.7 Å². The number of benzene rings is 2. The number of anilines is 1. The summed E-state index contributed by atoms with van der Waals surface area (Å²) in [5, 5.41) is 2.64. The molecule has 1 saturated carbocycles. The maximum atomic E-state index is 12.5. The zero-order chi connectivity index (χ0) is 19.3. The van der Waals surface area contributed by atoms with Crippen LogP contribution >= 0.6 is 24.0 Å². The Bertz CT molecular complexity index is 811. The zero-order valence-corrected chi connectivity index (χ0v) is 17.2. The molecule has 0 heterocycles. The normalized spacial score (nSPS) is 14.2. The average molecular weight is 507 g/mol. The molecule has 9 heteroatoms. The van der Waals surface area contributed by atoms with Gasteiger partial charge in [-0.3, -0.25) is 0 Å². The first-order chi connectivity index (χ1) is 12.9. The number of nitrogens with zero attached hydrogens (tertiary/aromatic N) is 1. The molecule has 3 N–H and O–H groups in total. The lowest BCUT2D eigenvalue weighted by Crippen LogP contribution is -2.24. The van der Waals surface area contributed by atoms with Gasteiger partial charge in [0.1, 0.15) is 5.75 Å². The second-order valence-corrected chi connectivity index (χ2v) is 6.23. The smallest absolute Gasteiger partial charge is 0.493 e. The van der Waals surface area contributed by atoms with E-state index in [1.165, 1.54) is 31.0 Å². The van der Waals surface area contributed by atoms with Crippen molar-refractivity contribution in [3.05, 3.63) is 54.1 Å². The summed E-state index contributed by atoms with van der Waals surface area (Å²) in [5.41, 5.74) is 6.76. The van der Waals surface area contributed by atoms with Gasteiger partial charge in [-0.05, 0) is 37.0 Å². The first-order valence-electron chi connectivity index (χ1n) is 8.53. The second-order valence-electron chi connectivity index (χ2n) is 6.23. The Hall–Kier alpha value is -2.17. The molecule has 2 aromatic rings. The van der Waals surface area contributed by atoms with Gasteiger partial charge in [0, 0.05) is 5.56 Å². The summed E-state index contributed by atoms with van der Waals surface area (Å²) >= 11 is 0. The third kappa shape index (κ3) is 7.10. The minimum absolute atomic E-state index is 0. The van der Waals surface area contributed by atoms with Crippen LogP contribution in [0.4, 0.5) is 18.9 Å². The van der Waals surface area contributed by atoms with Crippen molar-refractivity contribution in [2.24, 2.45) is 16.6 Å². The van der Waals surface area contributed by atoms with E-state index in [9.17, 15) is 13.2 Å². The molecule has 1 aliphatic rings. The summed E-state index contributed by atoms with van der Waals surface area (Å²) in [5.74, 6) is 0.960. The maximum Gasteiger partial charge on any atom is 0.573 e. The molecule has 0 aromatic heterocycles. The van der Waals surface area contributed by atoms with E-state index in [0.717, 1.165) is 11.3 Å². The van der Waals surface area contributed by atoms with Crippen molar-refractivity contribution in [2.75, 3.05) is 11.9 Å². The van der Waals surface area contributed by atoms with Crippen LogP contribution in [-0.2, 0) is 6.54 Å². The van der Waals surface area contributed by atoms with Gasteiger partial charge in [0.25, 0.3) is 0 Å². The Morgan fingerprint density at radius 1 is 1.07 bits per heavy atom. The number of nitrogens with one attached hydrogen (secondary N) is 1. The number of ether oxygens (including phenoxy) is 2. The highest BCUT2D eigenvalue weighted by molar-refractivity contribution is 14.0. The fourth-order valence-electron chi connectivity index (χ4n) is 2.40. The van der Waals surface area contributed by atoms with Gasteiger partial charge < -0.3 is 20.5 Å². The van der Waals surface area contributed by atoms with Crippen molar-refractivity contribution < 1.29 is 22.6 Å². The van der Waals surface area contributed by atoms with E-state index in [1.54, 1.807) is 6.07 Å². The van der Waals surface area contributed by atoms with Gasteiger partial charge in [-0.2, -0.15) is 0 Å². The Morgan fingerprint density at radius 3 is 2.39 bits per heavy atom. The van der Waals surface area contributed by atoms with Gasteiger partial charge in [0.2, 0.25) is 0 Å². The van der Waals surface area contributed by atoms with E-state index in [-0.39, 0.29) is 47.9 Å². The molecular weight excluding hydrogens is 486 g/mol. The number of hydrogen-bond donors (Lipinski definition) is 2. The first-order valence-corrected chi connectivity index (χ1v) is 8.53. The monoisotopic (exact) mass is 507 g/mol. The van der Waals surface area contributed by atoms with Gasteiger partial charge in [0.15, 0.2) is 11.7 Å². The van der Waals surface area contributed by atoms with Crippen molar-refractivity contribution in [3.63, 3.8) is 0 Å². The fraction of sp³-hybridized carbons (Fsp3) is 0.316. The number of aliphatic imine (C=N–C) groups is 1. The molecular formula is C19H21F3IN3O2. The van der Waals surface area contributed by atoms with Crippen LogP contribution in [0.5, 0.6) is 11.5 Å². The number of para-hydroxylation sites is 3. The highest BCUT2D eigenvalue weighted by Gasteiger charge is 2.32. The average Bonchev–Trinajstić information content (AvgIpc) is 3.44. The predicted octanol–water partition coefficient (Wildman–Crippen LogP) is 4.92. The summed E-state index contributed by atoms with van der Waals surface area (Å²) in [6.07, 6.45) is -2.41. The molecule has 28 heavy (non-hydrogen) atoms. The summed E-state index contributed by atoms with van der Waals surface area (Å²) in [6, 6.07) is 13.1. The highest BCUT2D eigenvalue weighted by atomic mass is 127. The van der Waals surface area contributed by atoms with Crippen LogP contribution in [0.25, 0.3) is 0 Å². The molecule has 0 aliphatic heterocycles. The van der Waals surface area contributed by atoms with E-state index in [2.05, 4.69) is 15.0 Å². The van der Waals surface area contributed by atoms with Crippen molar-refractivity contribution in [3.8, 4) is 11.5 Å². The molecule has 152 valence electrons. The molecule has 0 atom stereocenters. The molecule has 0 saturated heterocycles. The van der Waals surface area contributed by atoms with Crippen LogP contribution in [0, 0.1) is 5.92 Å². The lowest BCUT2D eigenvalue weighted by Gasteiger charge is -2.14. The van der Waals surface area contributed by atoms with E-state index in [1.807, 2.05) is 24.3 Å². The second kappa shape index (κ2) is 9.85. The minimum Gasteiger partial charge on any atom is -0.493 e. The van der Waals surface area contributed by atoms with Gasteiger partial charge in [-0.25, -0.2) is 4.99 Å². The highest BCUT2D eigenvalue weighted by Crippen LogP contribution is 2.31. The van der Waals surface area contributed by atoms with Crippen LogP contribution in [0.15, 0.2) is 53.5 Å². The van der Waals surface area contributed by atoms with E-state index >= 15 is 0 Å². The number of guanidine groups is 1. The Balaban J connectivity index is 0.00000280. The molecule has 0 spiro atoms. The summed E-state index contributed by atoms with van der Waals surface area (Å²) < 4.78 is 47.2. The summed E-state index contributed by atoms with van der Waals surface area (Å²) in [4.78, 5) is 4.20. The molecule has 3 rings (SSSR count). The van der Waals surface area contributed by atoms with Gasteiger partial charge >= 0.3 is 6.36 Å². The van der Waals surface area contributed by atoms with Crippen molar-refractivity contribution >= 4 is 35.6 Å². The predicted molar refractivity (Wildman–Crippen MR) is 112 cm³/mol. The fourth-order valence-corrected chi connectivity index (χ4v) is 2.40. The number of nitrogens with two attached hydrogens (primary N) is 1. The standard InChI is InChI=1S/C19H20F3N3O2.HI/c20-19(21,22)27-17-8-4-2-6-15(17)25-18(23)24-11-14-5-1-3-7-16(14)26-12-13-9-10-13;/h1-8,13H,9-12H2,(H3,23,24,25);1H. The van der Waals surface area contributed by atoms with Crippen LogP contribution in [-0.4, -0.2) is 18.9 Å². The van der Waals surface area contributed by atoms with Crippen molar-refractivity contribution in [1.29, 1.82) is 0 Å². The van der Waals surface area contributed by atoms with Gasteiger partial charge in [-0.1, -0.05) is 30.3 Å². The Morgan fingerprint density at radius 2 is 1.71 bits per heavy atom. The number of rotatable bonds is 7. The van der Waals surface area contributed by atoms with Crippen molar-refractivity contribution in [1.82, 2.24) is 0 Å². The molecule has 5 nitrogen and oxygen atoms in total. The largest absolute Gasteiger partial charge is 0.573 e.